The van der Waals surface area contributed by atoms with Crippen LogP contribution < -0.4 is 0 Å². The lowest BCUT2D eigenvalue weighted by atomic mass is 10.0. The van der Waals surface area contributed by atoms with E-state index < -0.39 is 0 Å². The van der Waals surface area contributed by atoms with Crippen LogP contribution in [0.15, 0.2) is 45.3 Å². The Morgan fingerprint density at radius 2 is 1.27 bits per heavy atom. The van der Waals surface area contributed by atoms with Crippen molar-refractivity contribution in [1.82, 2.24) is 0 Å². The largest absolute Gasteiger partial charge is 0.294 e. The highest BCUT2D eigenvalue weighted by Crippen LogP contribution is 2.21. The van der Waals surface area contributed by atoms with Crippen LogP contribution >= 0.6 is 31.9 Å². The molecule has 22 heavy (non-hydrogen) atoms. The van der Waals surface area contributed by atoms with Gasteiger partial charge in [0.05, 0.1) is 0 Å². The number of hydrogen-bond donors (Lipinski definition) is 0. The molecule has 0 aliphatic carbocycles. The summed E-state index contributed by atoms with van der Waals surface area (Å²) in [5.74, 6) is 0.192. The van der Waals surface area contributed by atoms with Gasteiger partial charge in [0.1, 0.15) is 0 Å². The van der Waals surface area contributed by atoms with Gasteiger partial charge in [-0.15, -0.1) is 0 Å². The van der Waals surface area contributed by atoms with E-state index in [9.17, 15) is 9.59 Å². The standard InChI is InChI=1S/C10H11BrO.C8H7BrO/c1-6-4-9(8(3)12)10(11)5-7(6)2;1-6(10)7-4-2-3-5-8(7)9/h4-5H,1-3H3;2-5H,1H3. The molecule has 0 heterocycles. The van der Waals surface area contributed by atoms with Gasteiger partial charge in [-0.1, -0.05) is 50.1 Å². The van der Waals surface area contributed by atoms with E-state index >= 15 is 0 Å². The second-order valence-electron chi connectivity index (χ2n) is 5.01. The number of rotatable bonds is 2. The second kappa shape index (κ2) is 8.39. The van der Waals surface area contributed by atoms with Crippen molar-refractivity contribution in [2.45, 2.75) is 27.7 Å². The minimum atomic E-state index is 0.0903. The van der Waals surface area contributed by atoms with Crippen molar-refractivity contribution < 1.29 is 9.59 Å². The Bertz CT molecular complexity index is 706. The predicted molar refractivity (Wildman–Crippen MR) is 97.8 cm³/mol. The first-order valence-electron chi connectivity index (χ1n) is 6.77. The van der Waals surface area contributed by atoms with E-state index in [0.717, 1.165) is 25.6 Å². The molecule has 2 aromatic rings. The van der Waals surface area contributed by atoms with Crippen LogP contribution in [0.3, 0.4) is 0 Å². The zero-order valence-electron chi connectivity index (χ0n) is 13.0. The number of hydrogen-bond acceptors (Lipinski definition) is 2. The molecule has 0 amide bonds. The number of benzene rings is 2. The maximum absolute atomic E-state index is 11.1. The maximum atomic E-state index is 11.1. The van der Waals surface area contributed by atoms with Crippen LogP contribution in [0.1, 0.15) is 45.7 Å². The first-order chi connectivity index (χ1) is 10.2. The summed E-state index contributed by atoms with van der Waals surface area (Å²) < 4.78 is 1.75. The minimum Gasteiger partial charge on any atom is -0.294 e. The van der Waals surface area contributed by atoms with Crippen molar-refractivity contribution in [2.24, 2.45) is 0 Å². The van der Waals surface area contributed by atoms with E-state index in [1.54, 1.807) is 19.9 Å². The molecule has 0 aromatic heterocycles. The summed E-state index contributed by atoms with van der Waals surface area (Å²) in [6.45, 7) is 7.17. The maximum Gasteiger partial charge on any atom is 0.160 e. The van der Waals surface area contributed by atoms with E-state index in [-0.39, 0.29) is 11.6 Å². The van der Waals surface area contributed by atoms with E-state index in [1.807, 2.05) is 44.2 Å². The SMILES string of the molecule is CC(=O)c1cc(C)c(C)cc1Br.CC(=O)c1ccccc1Br. The second-order valence-corrected chi connectivity index (χ2v) is 6.72. The monoisotopic (exact) mass is 424 g/mol. The molecule has 0 aliphatic heterocycles. The van der Waals surface area contributed by atoms with Gasteiger partial charge in [0.2, 0.25) is 0 Å². The first kappa shape index (κ1) is 18.8. The Balaban J connectivity index is 0.000000224. The molecule has 0 fully saturated rings. The number of halogens is 2. The van der Waals surface area contributed by atoms with Crippen molar-refractivity contribution in [3.63, 3.8) is 0 Å². The third-order valence-electron chi connectivity index (χ3n) is 3.22. The van der Waals surface area contributed by atoms with Crippen LogP contribution in [0.25, 0.3) is 0 Å². The Hall–Kier alpha value is -1.26. The van der Waals surface area contributed by atoms with Gasteiger partial charge in [-0.2, -0.15) is 0 Å². The summed E-state index contributed by atoms with van der Waals surface area (Å²) in [4.78, 5) is 21.9. The molecule has 2 rings (SSSR count). The smallest absolute Gasteiger partial charge is 0.160 e. The fourth-order valence-corrected chi connectivity index (χ4v) is 3.10. The minimum absolute atomic E-state index is 0.0903. The van der Waals surface area contributed by atoms with Crippen molar-refractivity contribution >= 4 is 43.4 Å². The molecular formula is C18H18Br2O2. The molecule has 0 N–H and O–H groups in total. The van der Waals surface area contributed by atoms with Gasteiger partial charge >= 0.3 is 0 Å². The fourth-order valence-electron chi connectivity index (χ4n) is 1.80. The average molecular weight is 426 g/mol. The highest BCUT2D eigenvalue weighted by molar-refractivity contribution is 9.10. The molecule has 0 saturated carbocycles. The Morgan fingerprint density at radius 3 is 1.73 bits per heavy atom. The predicted octanol–water partition coefficient (Wildman–Crippen LogP) is 5.92. The van der Waals surface area contributed by atoms with Gasteiger partial charge in [-0.05, 0) is 57.0 Å². The molecule has 0 unspecified atom stereocenters. The van der Waals surface area contributed by atoms with Crippen molar-refractivity contribution in [1.29, 1.82) is 0 Å². The van der Waals surface area contributed by atoms with E-state index in [0.29, 0.717) is 0 Å². The highest BCUT2D eigenvalue weighted by Gasteiger charge is 2.06. The van der Waals surface area contributed by atoms with Crippen molar-refractivity contribution in [2.75, 3.05) is 0 Å². The summed E-state index contributed by atoms with van der Waals surface area (Å²) in [6, 6.07) is 11.3. The summed E-state index contributed by atoms with van der Waals surface area (Å²) in [7, 11) is 0. The van der Waals surface area contributed by atoms with Crippen LogP contribution in [0.2, 0.25) is 0 Å². The molecular weight excluding hydrogens is 408 g/mol. The summed E-state index contributed by atoms with van der Waals surface area (Å²) in [6.07, 6.45) is 0. The summed E-state index contributed by atoms with van der Waals surface area (Å²) >= 11 is 6.64. The summed E-state index contributed by atoms with van der Waals surface area (Å²) in [5, 5.41) is 0. The molecule has 0 atom stereocenters. The number of ketones is 2. The van der Waals surface area contributed by atoms with Crippen LogP contribution in [0, 0.1) is 13.8 Å². The van der Waals surface area contributed by atoms with Gasteiger partial charge in [-0.3, -0.25) is 9.59 Å². The third kappa shape index (κ3) is 5.18. The van der Waals surface area contributed by atoms with E-state index in [4.69, 9.17) is 0 Å². The third-order valence-corrected chi connectivity index (χ3v) is 4.56. The number of carbonyl (C=O) groups is 2. The molecule has 0 bridgehead atoms. The van der Waals surface area contributed by atoms with Gasteiger partial charge in [0.15, 0.2) is 11.6 Å². The Kier molecular flexibility index (Phi) is 7.17. The van der Waals surface area contributed by atoms with Crippen LogP contribution in [-0.4, -0.2) is 11.6 Å². The van der Waals surface area contributed by atoms with Gasteiger partial charge in [-0.25, -0.2) is 0 Å². The molecule has 0 saturated heterocycles. The Morgan fingerprint density at radius 1 is 0.773 bits per heavy atom. The van der Waals surface area contributed by atoms with Crippen LogP contribution in [-0.2, 0) is 0 Å². The zero-order valence-corrected chi connectivity index (χ0v) is 16.2. The van der Waals surface area contributed by atoms with Gasteiger partial charge in [0, 0.05) is 20.1 Å². The van der Waals surface area contributed by atoms with E-state index in [1.165, 1.54) is 5.56 Å². The molecule has 4 heteroatoms. The van der Waals surface area contributed by atoms with Crippen LogP contribution in [0.5, 0.6) is 0 Å². The zero-order chi connectivity index (χ0) is 16.9. The topological polar surface area (TPSA) is 34.1 Å². The quantitative estimate of drug-likeness (QED) is 0.559. The van der Waals surface area contributed by atoms with Crippen molar-refractivity contribution in [3.05, 3.63) is 67.6 Å². The summed E-state index contributed by atoms with van der Waals surface area (Å²) in [5.41, 5.74) is 3.86. The molecule has 116 valence electrons. The molecule has 0 radical (unpaired) electrons. The van der Waals surface area contributed by atoms with Crippen LogP contribution in [0.4, 0.5) is 0 Å². The lowest BCUT2D eigenvalue weighted by Crippen LogP contribution is -1.95. The lowest BCUT2D eigenvalue weighted by molar-refractivity contribution is 0.100. The Labute approximate surface area is 148 Å². The number of carbonyl (C=O) groups excluding carboxylic acids is 2. The molecule has 0 aliphatic rings. The van der Waals surface area contributed by atoms with Crippen molar-refractivity contribution in [3.8, 4) is 0 Å². The average Bonchev–Trinajstić information content (AvgIpc) is 2.43. The fraction of sp³-hybridized carbons (Fsp3) is 0.222. The number of Topliss-reactive ketones (excluding diaryl/α,β-unsaturated/α-hetero) is 2. The lowest BCUT2D eigenvalue weighted by Gasteiger charge is -2.04. The highest BCUT2D eigenvalue weighted by atomic mass is 79.9. The molecule has 2 nitrogen and oxygen atoms in total. The molecule has 2 aromatic carbocycles. The number of aryl methyl sites for hydroxylation is 2. The van der Waals surface area contributed by atoms with E-state index in [2.05, 4.69) is 31.9 Å². The van der Waals surface area contributed by atoms with Gasteiger partial charge < -0.3 is 0 Å². The van der Waals surface area contributed by atoms with Gasteiger partial charge in [0.25, 0.3) is 0 Å². The normalized spacial score (nSPS) is 9.73. The molecule has 0 spiro atoms. The first-order valence-corrected chi connectivity index (χ1v) is 8.35.